The number of hydrogen-bond donors (Lipinski definition) is 2. The Kier molecular flexibility index (Phi) is 9.30. The molecule has 1 atom stereocenters. The van der Waals surface area contributed by atoms with E-state index in [0.29, 0.717) is 52.2 Å². The van der Waals surface area contributed by atoms with Gasteiger partial charge < -0.3 is 10.6 Å². The molecule has 2 fully saturated rings. The Morgan fingerprint density at radius 2 is 1.88 bits per heavy atom. The maximum atomic E-state index is 14.9. The molecule has 4 N–H and O–H groups in total. The molecule has 2 heterocycles. The molecule has 6 rings (SSSR count). The Balaban J connectivity index is 0.00000368. The lowest BCUT2D eigenvalue weighted by molar-refractivity contribution is 0.0691. The first-order chi connectivity index (χ1) is 20.3. The van der Waals surface area contributed by atoms with Crippen LogP contribution in [0.2, 0.25) is 0 Å². The van der Waals surface area contributed by atoms with Crippen molar-refractivity contribution in [1.82, 2.24) is 14.8 Å². The molecule has 2 aliphatic carbocycles. The number of carboxylic acids is 1. The standard InChI is InChI=1S/C31H30F2N4O3S2.H2O/c32-24-11-10-22(16-21(24)9-7-18-3-1-2-4-18)29-23(13-20-8-12-28(42(34)40)25(33)14-20)27(15-19-5-6-19)37(36-29)31-35-26(17-41-31)30(38)39;/h7-12,14,16-19H,1-6,13,15H2,(H2,34,40)(H,38,39);1H2/b9-7+;. The van der Waals surface area contributed by atoms with E-state index in [1.165, 1.54) is 47.8 Å². The zero-order valence-corrected chi connectivity index (χ0v) is 25.0. The molecule has 0 radical (unpaired) electrons. The number of aromatic carboxylic acids is 1. The monoisotopic (exact) mass is 626 g/mol. The Bertz CT molecular complexity index is 1710. The molecule has 0 amide bonds. The van der Waals surface area contributed by atoms with Crippen LogP contribution >= 0.6 is 11.3 Å². The van der Waals surface area contributed by atoms with E-state index in [2.05, 4.69) is 11.1 Å². The molecule has 2 aromatic carbocycles. The van der Waals surface area contributed by atoms with Crippen LogP contribution in [-0.2, 0) is 28.0 Å². The van der Waals surface area contributed by atoms with E-state index in [4.69, 9.17) is 10.2 Å². The summed E-state index contributed by atoms with van der Waals surface area (Å²) in [5, 5.41) is 21.8. The van der Waals surface area contributed by atoms with E-state index in [0.717, 1.165) is 36.9 Å². The molecule has 2 aliphatic rings. The van der Waals surface area contributed by atoms with Crippen LogP contribution < -0.4 is 5.14 Å². The number of rotatable bonds is 10. The van der Waals surface area contributed by atoms with Crippen molar-refractivity contribution in [2.45, 2.75) is 56.3 Å². The maximum Gasteiger partial charge on any atom is 0.355 e. The highest BCUT2D eigenvalue weighted by molar-refractivity contribution is 7.82. The molecule has 0 bridgehead atoms. The summed E-state index contributed by atoms with van der Waals surface area (Å²) in [7, 11) is -2.32. The number of nitrogens with two attached hydrogens (primary N) is 1. The van der Waals surface area contributed by atoms with Crippen LogP contribution in [0.4, 0.5) is 8.78 Å². The van der Waals surface area contributed by atoms with Gasteiger partial charge in [0.25, 0.3) is 0 Å². The fourth-order valence-electron chi connectivity index (χ4n) is 5.58. The number of halogens is 2. The van der Waals surface area contributed by atoms with Crippen LogP contribution in [0.1, 0.15) is 71.4 Å². The molecular formula is C31H32F2N4O4S2. The number of nitrogens with zero attached hydrogens (tertiary/aromatic N) is 3. The van der Waals surface area contributed by atoms with Crippen LogP contribution in [0.3, 0.4) is 0 Å². The zero-order valence-electron chi connectivity index (χ0n) is 23.2. The first-order valence-corrected chi connectivity index (χ1v) is 16.3. The third-order valence-corrected chi connectivity index (χ3v) is 9.66. The topological polar surface area (TPSA) is 141 Å². The number of aromatic nitrogens is 3. The number of thiazole rings is 1. The molecule has 43 heavy (non-hydrogen) atoms. The number of allylic oxidation sites excluding steroid dienone is 1. The number of thiol groups is 1. The quantitative estimate of drug-likeness (QED) is 0.153. The Morgan fingerprint density at radius 3 is 2.53 bits per heavy atom. The minimum atomic E-state index is -2.32. The summed E-state index contributed by atoms with van der Waals surface area (Å²) in [6.45, 7) is 0. The van der Waals surface area contributed by atoms with E-state index in [9.17, 15) is 22.9 Å². The van der Waals surface area contributed by atoms with Crippen molar-refractivity contribution in [3.63, 3.8) is 0 Å². The van der Waals surface area contributed by atoms with Crippen molar-refractivity contribution >= 4 is 34.4 Å². The summed E-state index contributed by atoms with van der Waals surface area (Å²) < 4.78 is 43.2. The molecule has 0 aliphatic heterocycles. The number of hydrogen-bond acceptors (Lipinski definition) is 6. The van der Waals surface area contributed by atoms with Gasteiger partial charge in [0.2, 0.25) is 10.0 Å². The second-order valence-corrected chi connectivity index (χ2v) is 13.1. The first-order valence-electron chi connectivity index (χ1n) is 14.0. The third kappa shape index (κ3) is 6.82. The van der Waals surface area contributed by atoms with Crippen LogP contribution in [-0.4, -0.2) is 31.3 Å². The van der Waals surface area contributed by atoms with Gasteiger partial charge in [-0.2, -0.15) is 5.10 Å². The van der Waals surface area contributed by atoms with E-state index in [1.807, 2.05) is 6.08 Å². The summed E-state index contributed by atoms with van der Waals surface area (Å²) in [6, 6.07) is 9.39. The van der Waals surface area contributed by atoms with Crippen LogP contribution in [0.5, 0.6) is 0 Å². The fourth-order valence-corrected chi connectivity index (χ4v) is 6.85. The largest absolute Gasteiger partial charge is 0.870 e. The highest BCUT2D eigenvalue weighted by atomic mass is 32.2. The average molecular weight is 627 g/mol. The summed E-state index contributed by atoms with van der Waals surface area (Å²) >= 11 is 1.18. The molecule has 8 nitrogen and oxygen atoms in total. The van der Waals surface area contributed by atoms with Gasteiger partial charge in [-0.3, -0.25) is 0 Å². The highest BCUT2D eigenvalue weighted by Crippen LogP contribution is 2.38. The summed E-state index contributed by atoms with van der Waals surface area (Å²) in [4.78, 5) is 15.9. The van der Waals surface area contributed by atoms with Crippen molar-refractivity contribution < 1.29 is 28.4 Å². The normalized spacial score (nSPS) is 16.1. The average Bonchev–Trinajstić information content (AvgIpc) is 3.30. The lowest BCUT2D eigenvalue weighted by Crippen LogP contribution is -2.07. The molecule has 4 aromatic rings. The fraction of sp³-hybridized carbons (Fsp3) is 0.323. The van der Waals surface area contributed by atoms with Gasteiger partial charge in [-0.25, -0.2) is 23.2 Å². The van der Waals surface area contributed by atoms with Gasteiger partial charge in [-0.05, 0) is 79.8 Å². The van der Waals surface area contributed by atoms with Gasteiger partial charge in [0.05, 0.1) is 11.4 Å². The van der Waals surface area contributed by atoms with E-state index >= 15 is 0 Å². The minimum Gasteiger partial charge on any atom is -0.870 e. The molecule has 2 aromatic heterocycles. The minimum absolute atomic E-state index is 0. The van der Waals surface area contributed by atoms with Gasteiger partial charge in [0, 0.05) is 28.5 Å². The predicted octanol–water partition coefficient (Wildman–Crippen LogP) is 6.47. The third-order valence-electron chi connectivity index (χ3n) is 8.01. The smallest absolute Gasteiger partial charge is 0.355 e. The van der Waals surface area contributed by atoms with Crippen molar-refractivity contribution in [3.05, 3.63) is 87.6 Å². The Hall–Kier alpha value is -3.58. The van der Waals surface area contributed by atoms with Crippen molar-refractivity contribution in [3.8, 4) is 16.4 Å². The van der Waals surface area contributed by atoms with Gasteiger partial charge in [0.15, 0.2) is 22.5 Å². The molecule has 0 spiro atoms. The van der Waals surface area contributed by atoms with Gasteiger partial charge >= 0.3 is 5.97 Å². The zero-order chi connectivity index (χ0) is 29.4. The Morgan fingerprint density at radius 1 is 1.12 bits per heavy atom. The summed E-state index contributed by atoms with van der Waals surface area (Å²) in [5.74, 6) is -1.19. The molecule has 2 saturated carbocycles. The van der Waals surface area contributed by atoms with Crippen LogP contribution in [0.25, 0.3) is 22.5 Å². The molecule has 0 saturated heterocycles. The summed E-state index contributed by atoms with van der Waals surface area (Å²) in [5.41, 5.74) is 4.03. The van der Waals surface area contributed by atoms with E-state index in [1.54, 1.807) is 22.9 Å². The molecular weight excluding hydrogens is 594 g/mol. The second kappa shape index (κ2) is 13.0. The van der Waals surface area contributed by atoms with Crippen molar-refractivity contribution in [2.24, 2.45) is 17.0 Å². The van der Waals surface area contributed by atoms with E-state index in [-0.39, 0.29) is 21.9 Å². The maximum absolute atomic E-state index is 14.9. The van der Waals surface area contributed by atoms with Gasteiger partial charge in [-0.1, -0.05) is 35.3 Å². The number of carbonyl (C=O) groups is 1. The number of carboxylic acid groups (broad SMARTS) is 1. The molecule has 1 unspecified atom stereocenters. The van der Waals surface area contributed by atoms with Crippen LogP contribution in [0, 0.1) is 23.5 Å². The molecule has 12 heteroatoms. The summed E-state index contributed by atoms with van der Waals surface area (Å²) in [6.07, 6.45) is 11.6. The van der Waals surface area contributed by atoms with Crippen molar-refractivity contribution in [1.29, 1.82) is 0 Å². The van der Waals surface area contributed by atoms with E-state index < -0.39 is 22.8 Å². The molecule has 226 valence electrons. The first kappa shape index (κ1) is 30.9. The van der Waals surface area contributed by atoms with Gasteiger partial charge in [0.1, 0.15) is 5.82 Å². The number of benzene rings is 2. The Labute approximate surface area is 254 Å². The highest BCUT2D eigenvalue weighted by Gasteiger charge is 2.30. The van der Waals surface area contributed by atoms with Crippen LogP contribution in [0.15, 0.2) is 52.7 Å². The lowest BCUT2D eigenvalue weighted by atomic mass is 9.95. The SMILES string of the molecule is N[SH+](=O)c1ccc(Cc2c(-c3ccc(F)c(/C=C/C4CCCC4)c3)nn(-c3nc(C(=O)O)cs3)c2CC2CC2)cc1F.[OH-]. The lowest BCUT2D eigenvalue weighted by Gasteiger charge is -2.10. The van der Waals surface area contributed by atoms with Crippen molar-refractivity contribution in [2.75, 3.05) is 0 Å². The second-order valence-electron chi connectivity index (χ2n) is 11.1. The predicted molar refractivity (Wildman–Crippen MR) is 162 cm³/mol. The van der Waals surface area contributed by atoms with Gasteiger partial charge in [-0.15, -0.1) is 16.5 Å².